The smallest absolute Gasteiger partial charge is 0.270 e. The highest BCUT2D eigenvalue weighted by Crippen LogP contribution is 2.28. The van der Waals surface area contributed by atoms with Gasteiger partial charge in [-0.1, -0.05) is 12.1 Å². The molecule has 0 unspecified atom stereocenters. The molecule has 1 fully saturated rings. The quantitative estimate of drug-likeness (QED) is 0.324. The van der Waals surface area contributed by atoms with Crippen LogP contribution in [-0.2, 0) is 9.59 Å². The number of hydrogen-bond donors (Lipinski definition) is 1. The number of nitrogens with one attached hydrogen (secondary N) is 1. The normalized spacial score (nSPS) is 15.1. The van der Waals surface area contributed by atoms with Crippen molar-refractivity contribution < 1.29 is 14.3 Å². The van der Waals surface area contributed by atoms with Gasteiger partial charge in [0.15, 0.2) is 5.11 Å². The molecule has 6 nitrogen and oxygen atoms in total. The molecule has 2 amide bonds. The molecule has 2 aromatic carbocycles. The predicted octanol–water partition coefficient (Wildman–Crippen LogP) is 4.94. The van der Waals surface area contributed by atoms with Gasteiger partial charge in [-0.3, -0.25) is 19.8 Å². The van der Waals surface area contributed by atoms with E-state index in [9.17, 15) is 9.59 Å². The lowest BCUT2D eigenvalue weighted by molar-refractivity contribution is -0.122. The first kappa shape index (κ1) is 23.4. The number of aryl methyl sites for hydroxylation is 3. The largest absolute Gasteiger partial charge is 0.494 e. The van der Waals surface area contributed by atoms with Crippen LogP contribution in [0.15, 0.2) is 54.1 Å². The van der Waals surface area contributed by atoms with Crippen LogP contribution in [0.1, 0.15) is 35.0 Å². The standard InChI is InChI=1S/C27H27N3O3S/c1-6-33-22-11-9-21(10-12-22)29-18(4)14-20(19(29)5)15-23-25(31)28-27(34)30(26(23)32)24-13-16(2)7-8-17(24)3/h7-15H,6H2,1-5H3,(H,28,31,34)/b23-15+. The lowest BCUT2D eigenvalue weighted by Crippen LogP contribution is -2.54. The summed E-state index contributed by atoms with van der Waals surface area (Å²) in [5.41, 5.74) is 6.27. The maximum atomic E-state index is 13.5. The van der Waals surface area contributed by atoms with Crippen molar-refractivity contribution in [2.24, 2.45) is 0 Å². The zero-order valence-corrected chi connectivity index (χ0v) is 20.7. The molecular weight excluding hydrogens is 446 g/mol. The van der Waals surface area contributed by atoms with E-state index < -0.39 is 11.8 Å². The van der Waals surface area contributed by atoms with Crippen molar-refractivity contribution in [2.45, 2.75) is 34.6 Å². The van der Waals surface area contributed by atoms with Gasteiger partial charge >= 0.3 is 0 Å². The number of ether oxygens (including phenoxy) is 1. The monoisotopic (exact) mass is 473 g/mol. The SMILES string of the molecule is CCOc1ccc(-n2c(C)cc(/C=C3\C(=O)NC(=S)N(c4cc(C)ccc4C)C3=O)c2C)cc1. The molecule has 174 valence electrons. The van der Waals surface area contributed by atoms with Crippen LogP contribution in [0.5, 0.6) is 5.75 Å². The Morgan fingerprint density at radius 1 is 1.00 bits per heavy atom. The van der Waals surface area contributed by atoms with Crippen LogP contribution < -0.4 is 15.0 Å². The lowest BCUT2D eigenvalue weighted by atomic mass is 10.0. The number of amides is 2. The Balaban J connectivity index is 1.74. The molecule has 1 aliphatic heterocycles. The molecule has 1 saturated heterocycles. The van der Waals surface area contributed by atoms with Crippen molar-refractivity contribution in [1.82, 2.24) is 9.88 Å². The number of aromatic nitrogens is 1. The van der Waals surface area contributed by atoms with E-state index in [1.54, 1.807) is 6.08 Å². The van der Waals surface area contributed by atoms with Crippen LogP contribution in [0.3, 0.4) is 0 Å². The Morgan fingerprint density at radius 2 is 1.71 bits per heavy atom. The second kappa shape index (κ2) is 9.27. The van der Waals surface area contributed by atoms with Crippen LogP contribution in [0, 0.1) is 27.7 Å². The number of anilines is 1. The van der Waals surface area contributed by atoms with Crippen LogP contribution in [0.4, 0.5) is 5.69 Å². The maximum absolute atomic E-state index is 13.5. The average molecular weight is 474 g/mol. The third-order valence-electron chi connectivity index (χ3n) is 5.88. The molecule has 7 heteroatoms. The van der Waals surface area contributed by atoms with Gasteiger partial charge < -0.3 is 9.30 Å². The zero-order valence-electron chi connectivity index (χ0n) is 19.9. The van der Waals surface area contributed by atoms with Gasteiger partial charge in [0.25, 0.3) is 11.8 Å². The average Bonchev–Trinajstić information content (AvgIpc) is 3.07. The van der Waals surface area contributed by atoms with Crippen molar-refractivity contribution >= 4 is 40.9 Å². The highest BCUT2D eigenvalue weighted by Gasteiger charge is 2.35. The second-order valence-corrected chi connectivity index (χ2v) is 8.72. The molecule has 0 saturated carbocycles. The van der Waals surface area contributed by atoms with E-state index in [0.717, 1.165) is 39.5 Å². The van der Waals surface area contributed by atoms with Gasteiger partial charge in [-0.05, 0) is 106 Å². The molecule has 0 aliphatic carbocycles. The Kier molecular flexibility index (Phi) is 6.39. The maximum Gasteiger partial charge on any atom is 0.270 e. The van der Waals surface area contributed by atoms with E-state index in [0.29, 0.717) is 12.3 Å². The van der Waals surface area contributed by atoms with Crippen LogP contribution in [-0.4, -0.2) is 28.1 Å². The summed E-state index contributed by atoms with van der Waals surface area (Å²) in [5, 5.41) is 2.76. The van der Waals surface area contributed by atoms with E-state index in [4.69, 9.17) is 17.0 Å². The van der Waals surface area contributed by atoms with Gasteiger partial charge in [0.2, 0.25) is 0 Å². The summed E-state index contributed by atoms with van der Waals surface area (Å²) >= 11 is 5.36. The fraction of sp³-hybridized carbons (Fsp3) is 0.222. The summed E-state index contributed by atoms with van der Waals surface area (Å²) in [7, 11) is 0. The molecule has 0 radical (unpaired) electrons. The minimum absolute atomic E-state index is 0.0430. The van der Waals surface area contributed by atoms with Crippen LogP contribution in [0.25, 0.3) is 11.8 Å². The fourth-order valence-corrected chi connectivity index (χ4v) is 4.46. The van der Waals surface area contributed by atoms with Gasteiger partial charge in [0, 0.05) is 17.1 Å². The number of rotatable bonds is 5. The molecule has 3 aromatic rings. The van der Waals surface area contributed by atoms with Gasteiger partial charge in [-0.2, -0.15) is 0 Å². The predicted molar refractivity (Wildman–Crippen MR) is 139 cm³/mol. The highest BCUT2D eigenvalue weighted by atomic mass is 32.1. The number of carbonyl (C=O) groups excluding carboxylic acids is 2. The third kappa shape index (κ3) is 4.26. The molecular formula is C27H27N3O3S. The van der Waals surface area contributed by atoms with Gasteiger partial charge in [0.1, 0.15) is 11.3 Å². The van der Waals surface area contributed by atoms with Crippen molar-refractivity contribution in [3.05, 3.63) is 82.2 Å². The highest BCUT2D eigenvalue weighted by molar-refractivity contribution is 7.80. The molecule has 4 rings (SSSR count). The first-order valence-corrected chi connectivity index (χ1v) is 11.5. The van der Waals surface area contributed by atoms with Crippen molar-refractivity contribution in [2.75, 3.05) is 11.5 Å². The summed E-state index contributed by atoms with van der Waals surface area (Å²) in [4.78, 5) is 27.7. The Morgan fingerprint density at radius 3 is 2.38 bits per heavy atom. The van der Waals surface area contributed by atoms with E-state index >= 15 is 0 Å². The summed E-state index contributed by atoms with van der Waals surface area (Å²) in [6.07, 6.45) is 1.64. The van der Waals surface area contributed by atoms with Gasteiger partial charge in [-0.25, -0.2) is 0 Å². The van der Waals surface area contributed by atoms with Gasteiger partial charge in [0.05, 0.1) is 12.3 Å². The van der Waals surface area contributed by atoms with Crippen molar-refractivity contribution in [3.63, 3.8) is 0 Å². The summed E-state index contributed by atoms with van der Waals surface area (Å²) < 4.78 is 7.63. The fourth-order valence-electron chi connectivity index (χ4n) is 4.18. The molecule has 2 heterocycles. The lowest BCUT2D eigenvalue weighted by Gasteiger charge is -2.30. The van der Waals surface area contributed by atoms with E-state index in [1.807, 2.05) is 83.1 Å². The van der Waals surface area contributed by atoms with E-state index in [2.05, 4.69) is 9.88 Å². The molecule has 0 atom stereocenters. The first-order valence-electron chi connectivity index (χ1n) is 11.1. The molecule has 1 N–H and O–H groups in total. The zero-order chi connectivity index (χ0) is 24.6. The minimum atomic E-state index is -0.498. The van der Waals surface area contributed by atoms with Crippen molar-refractivity contribution in [3.8, 4) is 11.4 Å². The minimum Gasteiger partial charge on any atom is -0.494 e. The van der Waals surface area contributed by atoms with E-state index in [1.165, 1.54) is 4.90 Å². The number of carbonyl (C=O) groups is 2. The molecule has 0 bridgehead atoms. The van der Waals surface area contributed by atoms with Crippen molar-refractivity contribution in [1.29, 1.82) is 0 Å². The number of thiocarbonyl (C=S) groups is 1. The Bertz CT molecular complexity index is 1340. The topological polar surface area (TPSA) is 63.6 Å². The third-order valence-corrected chi connectivity index (χ3v) is 6.17. The second-order valence-electron chi connectivity index (χ2n) is 8.34. The number of hydrogen-bond acceptors (Lipinski definition) is 4. The molecule has 1 aromatic heterocycles. The summed E-state index contributed by atoms with van der Waals surface area (Å²) in [5.74, 6) is -0.126. The Labute approximate surface area is 204 Å². The number of benzene rings is 2. The number of nitrogens with zero attached hydrogens (tertiary/aromatic N) is 2. The van der Waals surface area contributed by atoms with Crippen LogP contribution >= 0.6 is 12.2 Å². The van der Waals surface area contributed by atoms with E-state index in [-0.39, 0.29) is 10.7 Å². The first-order chi connectivity index (χ1) is 16.2. The molecule has 34 heavy (non-hydrogen) atoms. The van der Waals surface area contributed by atoms with Crippen LogP contribution in [0.2, 0.25) is 0 Å². The van der Waals surface area contributed by atoms with Gasteiger partial charge in [-0.15, -0.1) is 0 Å². The summed E-state index contributed by atoms with van der Waals surface area (Å²) in [6.45, 7) is 10.4. The molecule has 1 aliphatic rings. The summed E-state index contributed by atoms with van der Waals surface area (Å²) in [6, 6.07) is 15.6. The Hall–Kier alpha value is -3.71. The molecule has 0 spiro atoms.